The fraction of sp³-hybridized carbons (Fsp3) is 0.235. The SMILES string of the molecule is C/C(N)=C(\C#N)C(=O)COC(=O)/C=C/c1ccc2c(c1)OCCO2. The molecule has 1 aliphatic heterocycles. The summed E-state index contributed by atoms with van der Waals surface area (Å²) in [5.41, 5.74) is 6.00. The number of esters is 1. The van der Waals surface area contributed by atoms with Crippen LogP contribution in [0, 0.1) is 11.3 Å². The van der Waals surface area contributed by atoms with Gasteiger partial charge in [-0.05, 0) is 30.7 Å². The monoisotopic (exact) mass is 328 g/mol. The number of carbonyl (C=O) groups excluding carboxylic acids is 2. The highest BCUT2D eigenvalue weighted by Crippen LogP contribution is 2.31. The molecule has 0 atom stereocenters. The fourth-order valence-electron chi connectivity index (χ4n) is 1.96. The Bertz CT molecular complexity index is 755. The van der Waals surface area contributed by atoms with E-state index in [1.165, 1.54) is 19.1 Å². The number of nitrogens with two attached hydrogens (primary N) is 1. The lowest BCUT2D eigenvalue weighted by atomic mass is 10.1. The third-order valence-corrected chi connectivity index (χ3v) is 3.11. The minimum Gasteiger partial charge on any atom is -0.486 e. The van der Waals surface area contributed by atoms with Crippen LogP contribution in [-0.4, -0.2) is 31.6 Å². The second kappa shape index (κ2) is 7.83. The Labute approximate surface area is 138 Å². The molecule has 1 aliphatic rings. The van der Waals surface area contributed by atoms with E-state index < -0.39 is 18.4 Å². The Morgan fingerprint density at radius 2 is 2.04 bits per heavy atom. The first-order valence-corrected chi connectivity index (χ1v) is 7.15. The number of carbonyl (C=O) groups is 2. The maximum atomic E-state index is 11.7. The second-order valence-corrected chi connectivity index (χ2v) is 4.94. The summed E-state index contributed by atoms with van der Waals surface area (Å²) < 4.78 is 15.6. The molecule has 1 aromatic carbocycles. The largest absolute Gasteiger partial charge is 0.486 e. The summed E-state index contributed by atoms with van der Waals surface area (Å²) in [5, 5.41) is 8.80. The Kier molecular flexibility index (Phi) is 5.58. The Balaban J connectivity index is 1.93. The summed E-state index contributed by atoms with van der Waals surface area (Å²) in [6, 6.07) is 6.92. The number of fused-ring (bicyclic) bond motifs is 1. The third kappa shape index (κ3) is 4.36. The molecular weight excluding hydrogens is 312 g/mol. The molecule has 24 heavy (non-hydrogen) atoms. The van der Waals surface area contributed by atoms with E-state index in [1.54, 1.807) is 24.3 Å². The normalized spacial score (nSPS) is 13.8. The molecule has 0 fully saturated rings. The van der Waals surface area contributed by atoms with E-state index in [0.717, 1.165) is 5.56 Å². The van der Waals surface area contributed by atoms with E-state index in [9.17, 15) is 9.59 Å². The van der Waals surface area contributed by atoms with Crippen molar-refractivity contribution < 1.29 is 23.8 Å². The Morgan fingerprint density at radius 3 is 2.71 bits per heavy atom. The van der Waals surface area contributed by atoms with Crippen LogP contribution in [0.3, 0.4) is 0 Å². The Morgan fingerprint density at radius 1 is 1.33 bits per heavy atom. The predicted octanol–water partition coefficient (Wildman–Crippen LogP) is 1.34. The van der Waals surface area contributed by atoms with Crippen molar-refractivity contribution in [1.29, 1.82) is 5.26 Å². The van der Waals surface area contributed by atoms with Crippen molar-refractivity contribution in [2.75, 3.05) is 19.8 Å². The molecular formula is C17H16N2O5. The molecule has 0 saturated heterocycles. The zero-order valence-electron chi connectivity index (χ0n) is 13.1. The second-order valence-electron chi connectivity index (χ2n) is 4.94. The number of ketones is 1. The predicted molar refractivity (Wildman–Crippen MR) is 84.9 cm³/mol. The van der Waals surface area contributed by atoms with E-state index in [-0.39, 0.29) is 11.3 Å². The van der Waals surface area contributed by atoms with Gasteiger partial charge in [-0.25, -0.2) is 4.79 Å². The van der Waals surface area contributed by atoms with E-state index in [2.05, 4.69) is 0 Å². The average Bonchev–Trinajstić information content (AvgIpc) is 2.58. The van der Waals surface area contributed by atoms with Crippen LogP contribution in [0.15, 0.2) is 35.5 Å². The van der Waals surface area contributed by atoms with Gasteiger partial charge in [0, 0.05) is 11.8 Å². The lowest BCUT2D eigenvalue weighted by molar-refractivity contribution is -0.141. The quantitative estimate of drug-likeness (QED) is 0.493. The van der Waals surface area contributed by atoms with E-state index in [0.29, 0.717) is 24.7 Å². The molecule has 2 rings (SSSR count). The zero-order valence-corrected chi connectivity index (χ0v) is 13.1. The van der Waals surface area contributed by atoms with Crippen LogP contribution < -0.4 is 15.2 Å². The van der Waals surface area contributed by atoms with Crippen LogP contribution in [0.5, 0.6) is 11.5 Å². The van der Waals surface area contributed by atoms with Crippen LogP contribution in [0.4, 0.5) is 0 Å². The maximum absolute atomic E-state index is 11.7. The van der Waals surface area contributed by atoms with Crippen molar-refractivity contribution in [1.82, 2.24) is 0 Å². The topological polar surface area (TPSA) is 112 Å². The molecule has 7 nitrogen and oxygen atoms in total. The minimum absolute atomic E-state index is 0.0883. The van der Waals surface area contributed by atoms with Gasteiger partial charge in [-0.2, -0.15) is 5.26 Å². The third-order valence-electron chi connectivity index (χ3n) is 3.11. The van der Waals surface area contributed by atoms with Gasteiger partial charge in [-0.15, -0.1) is 0 Å². The van der Waals surface area contributed by atoms with Gasteiger partial charge in [0.05, 0.1) is 0 Å². The lowest BCUT2D eigenvalue weighted by Crippen LogP contribution is -2.16. The Hall–Kier alpha value is -3.27. The van der Waals surface area contributed by atoms with Crippen LogP contribution in [-0.2, 0) is 14.3 Å². The van der Waals surface area contributed by atoms with E-state index in [1.807, 2.05) is 0 Å². The summed E-state index contributed by atoms with van der Waals surface area (Å²) >= 11 is 0. The molecule has 0 spiro atoms. The van der Waals surface area contributed by atoms with Crippen molar-refractivity contribution in [3.63, 3.8) is 0 Å². The highest BCUT2D eigenvalue weighted by Gasteiger charge is 2.13. The first-order valence-electron chi connectivity index (χ1n) is 7.15. The molecule has 2 N–H and O–H groups in total. The number of allylic oxidation sites excluding steroid dienone is 1. The molecule has 7 heteroatoms. The number of hydrogen-bond donors (Lipinski definition) is 1. The smallest absolute Gasteiger partial charge is 0.331 e. The first-order chi connectivity index (χ1) is 11.5. The van der Waals surface area contributed by atoms with Crippen molar-refractivity contribution in [3.05, 3.63) is 41.1 Å². The van der Waals surface area contributed by atoms with Crippen LogP contribution >= 0.6 is 0 Å². The van der Waals surface area contributed by atoms with Gasteiger partial charge in [-0.1, -0.05) is 6.07 Å². The average molecular weight is 328 g/mol. The standard InChI is InChI=1S/C17H16N2O5/c1-11(19)13(9-18)14(20)10-24-17(21)5-3-12-2-4-15-16(8-12)23-7-6-22-15/h2-5,8H,6-7,10,19H2,1H3/b5-3+,13-11-. The molecule has 1 aromatic rings. The number of nitrogens with zero attached hydrogens (tertiary/aromatic N) is 1. The first kappa shape index (κ1) is 17.1. The number of rotatable bonds is 5. The maximum Gasteiger partial charge on any atom is 0.331 e. The van der Waals surface area contributed by atoms with Crippen LogP contribution in [0.25, 0.3) is 6.08 Å². The van der Waals surface area contributed by atoms with Crippen molar-refractivity contribution >= 4 is 17.8 Å². The molecule has 0 bridgehead atoms. The molecule has 0 aromatic heterocycles. The van der Waals surface area contributed by atoms with Gasteiger partial charge in [0.1, 0.15) is 24.9 Å². The van der Waals surface area contributed by atoms with Gasteiger partial charge < -0.3 is 19.9 Å². The van der Waals surface area contributed by atoms with E-state index in [4.69, 9.17) is 25.2 Å². The van der Waals surface area contributed by atoms with Gasteiger partial charge in [0.15, 0.2) is 18.1 Å². The van der Waals surface area contributed by atoms with Crippen molar-refractivity contribution in [2.24, 2.45) is 5.73 Å². The summed E-state index contributed by atoms with van der Waals surface area (Å²) in [5.74, 6) is -0.0857. The number of ether oxygens (including phenoxy) is 3. The molecule has 0 saturated carbocycles. The summed E-state index contributed by atoms with van der Waals surface area (Å²) in [4.78, 5) is 23.3. The van der Waals surface area contributed by atoms with Gasteiger partial charge in [-0.3, -0.25) is 4.79 Å². The lowest BCUT2D eigenvalue weighted by Gasteiger charge is -2.18. The van der Waals surface area contributed by atoms with Crippen molar-refractivity contribution in [3.8, 4) is 17.6 Å². The number of benzene rings is 1. The summed E-state index contributed by atoms with van der Waals surface area (Å²) in [6.45, 7) is 1.87. The number of hydrogen-bond acceptors (Lipinski definition) is 7. The zero-order chi connectivity index (χ0) is 17.5. The van der Waals surface area contributed by atoms with Gasteiger partial charge in [0.25, 0.3) is 0 Å². The van der Waals surface area contributed by atoms with Crippen LogP contribution in [0.2, 0.25) is 0 Å². The molecule has 0 amide bonds. The molecule has 0 aliphatic carbocycles. The number of nitriles is 1. The highest BCUT2D eigenvalue weighted by atomic mass is 16.6. The molecule has 124 valence electrons. The summed E-state index contributed by atoms with van der Waals surface area (Å²) in [6.07, 6.45) is 2.71. The number of Topliss-reactive ketones (excluding diaryl/α,β-unsaturated/α-hetero) is 1. The minimum atomic E-state index is -0.704. The fourth-order valence-corrected chi connectivity index (χ4v) is 1.96. The van der Waals surface area contributed by atoms with Crippen molar-refractivity contribution in [2.45, 2.75) is 6.92 Å². The van der Waals surface area contributed by atoms with Gasteiger partial charge >= 0.3 is 5.97 Å². The molecule has 1 heterocycles. The van der Waals surface area contributed by atoms with Gasteiger partial charge in [0.2, 0.25) is 5.78 Å². The highest BCUT2D eigenvalue weighted by molar-refractivity contribution is 6.01. The molecule has 0 unspecified atom stereocenters. The van der Waals surface area contributed by atoms with Crippen LogP contribution in [0.1, 0.15) is 12.5 Å². The van der Waals surface area contributed by atoms with E-state index >= 15 is 0 Å². The summed E-state index contributed by atoms with van der Waals surface area (Å²) in [7, 11) is 0. The molecule has 0 radical (unpaired) electrons.